The molecule has 0 radical (unpaired) electrons. The molecule has 1 N–H and O–H groups in total. The highest BCUT2D eigenvalue weighted by atomic mass is 32.2. The fourth-order valence-corrected chi connectivity index (χ4v) is 3.16. The van der Waals surface area contributed by atoms with E-state index in [-0.39, 0.29) is 23.3 Å². The maximum atomic E-state index is 12.6. The Balaban J connectivity index is 3.33. The van der Waals surface area contributed by atoms with Gasteiger partial charge in [-0.2, -0.15) is 4.31 Å². The second kappa shape index (κ2) is 7.46. The number of aliphatic hydroxyl groups is 1. The molecule has 0 aromatic heterocycles. The van der Waals surface area contributed by atoms with E-state index < -0.39 is 10.0 Å². The van der Waals surface area contributed by atoms with Gasteiger partial charge in [0.25, 0.3) is 0 Å². The van der Waals surface area contributed by atoms with Crippen LogP contribution in [0.25, 0.3) is 0 Å². The third-order valence-corrected chi connectivity index (χ3v) is 5.07. The molecule has 5 nitrogen and oxygen atoms in total. The molecule has 0 aliphatic heterocycles. The molecule has 0 atom stereocenters. The molecule has 0 unspecified atom stereocenters. The quantitative estimate of drug-likeness (QED) is 0.836. The zero-order valence-electron chi connectivity index (χ0n) is 12.8. The van der Waals surface area contributed by atoms with Crippen LogP contribution in [0.2, 0.25) is 0 Å². The van der Waals surface area contributed by atoms with Gasteiger partial charge in [-0.05, 0) is 32.0 Å². The van der Waals surface area contributed by atoms with E-state index in [0.29, 0.717) is 12.0 Å². The molecule has 1 rings (SSSR count). The van der Waals surface area contributed by atoms with Crippen LogP contribution in [0.4, 0.5) is 0 Å². The molecule has 1 aromatic carbocycles. The van der Waals surface area contributed by atoms with Crippen LogP contribution in [0.3, 0.4) is 0 Å². The Kier molecular flexibility index (Phi) is 6.21. The summed E-state index contributed by atoms with van der Waals surface area (Å²) in [5.41, 5.74) is 0.569. The van der Waals surface area contributed by atoms with E-state index >= 15 is 0 Å². The van der Waals surface area contributed by atoms with Gasteiger partial charge in [-0.1, -0.05) is 11.8 Å². The number of rotatable bonds is 5. The summed E-state index contributed by atoms with van der Waals surface area (Å²) in [7, 11) is -0.680. The lowest BCUT2D eigenvalue weighted by molar-refractivity contribution is 0.305. The molecule has 0 aliphatic rings. The average Bonchev–Trinajstić information content (AvgIpc) is 2.46. The minimum atomic E-state index is -3.64. The zero-order chi connectivity index (χ0) is 16.0. The summed E-state index contributed by atoms with van der Waals surface area (Å²) >= 11 is 0. The van der Waals surface area contributed by atoms with Crippen molar-refractivity contribution >= 4 is 10.0 Å². The fourth-order valence-electron chi connectivity index (χ4n) is 1.61. The van der Waals surface area contributed by atoms with Gasteiger partial charge in [-0.3, -0.25) is 0 Å². The lowest BCUT2D eigenvalue weighted by Gasteiger charge is -2.22. The van der Waals surface area contributed by atoms with E-state index in [9.17, 15) is 8.42 Å². The van der Waals surface area contributed by atoms with Crippen LogP contribution < -0.4 is 4.74 Å². The second-order valence-corrected chi connectivity index (χ2v) is 6.72. The van der Waals surface area contributed by atoms with Gasteiger partial charge in [-0.15, -0.1) is 0 Å². The predicted octanol–water partition coefficient (Wildman–Crippen LogP) is 1.46. The Morgan fingerprint density at radius 1 is 1.38 bits per heavy atom. The van der Waals surface area contributed by atoms with Gasteiger partial charge in [0.2, 0.25) is 10.0 Å². The first-order valence-electron chi connectivity index (χ1n) is 6.60. The fraction of sp³-hybridized carbons (Fsp3) is 0.467. The molecule has 0 saturated heterocycles. The normalized spacial score (nSPS) is 11.4. The first-order valence-corrected chi connectivity index (χ1v) is 8.04. The standard InChI is InChI=1S/C15H21NO4S/c1-12(2)16(3)21(18,19)15-11-13(7-5-6-10-17)8-9-14(15)20-4/h8-9,11-12,17H,6,10H2,1-4H3. The molecule has 0 saturated carbocycles. The Hall–Kier alpha value is -1.55. The van der Waals surface area contributed by atoms with Gasteiger partial charge in [-0.25, -0.2) is 8.42 Å². The smallest absolute Gasteiger partial charge is 0.246 e. The molecule has 1 aromatic rings. The van der Waals surface area contributed by atoms with Gasteiger partial charge < -0.3 is 9.84 Å². The Labute approximate surface area is 126 Å². The molecule has 21 heavy (non-hydrogen) atoms. The van der Waals surface area contributed by atoms with Crippen molar-refractivity contribution in [3.05, 3.63) is 23.8 Å². The number of hydrogen-bond donors (Lipinski definition) is 1. The number of hydrogen-bond acceptors (Lipinski definition) is 4. The highest BCUT2D eigenvalue weighted by Gasteiger charge is 2.26. The highest BCUT2D eigenvalue weighted by molar-refractivity contribution is 7.89. The van der Waals surface area contributed by atoms with Crippen LogP contribution in [-0.2, 0) is 10.0 Å². The van der Waals surface area contributed by atoms with E-state index in [0.717, 1.165) is 0 Å². The van der Waals surface area contributed by atoms with Crippen LogP contribution in [0, 0.1) is 11.8 Å². The van der Waals surface area contributed by atoms with Crippen molar-refractivity contribution in [1.29, 1.82) is 0 Å². The molecule has 0 aliphatic carbocycles. The maximum Gasteiger partial charge on any atom is 0.246 e. The molecule has 0 heterocycles. The van der Waals surface area contributed by atoms with E-state index in [1.165, 1.54) is 24.5 Å². The molecule has 0 bridgehead atoms. The minimum absolute atomic E-state index is 0.0234. The minimum Gasteiger partial charge on any atom is -0.495 e. The lowest BCUT2D eigenvalue weighted by atomic mass is 10.2. The summed E-state index contributed by atoms with van der Waals surface area (Å²) in [6, 6.07) is 4.61. The van der Waals surface area contributed by atoms with E-state index in [4.69, 9.17) is 9.84 Å². The Morgan fingerprint density at radius 2 is 2.05 bits per heavy atom. The summed E-state index contributed by atoms with van der Waals surface area (Å²) in [6.07, 6.45) is 0.347. The first kappa shape index (κ1) is 17.5. The van der Waals surface area contributed by atoms with Gasteiger partial charge in [0, 0.05) is 25.1 Å². The molecule has 116 valence electrons. The molecule has 0 spiro atoms. The van der Waals surface area contributed by atoms with E-state index in [1.807, 2.05) is 0 Å². The maximum absolute atomic E-state index is 12.6. The van der Waals surface area contributed by atoms with Gasteiger partial charge in [0.15, 0.2) is 0 Å². The van der Waals surface area contributed by atoms with Crippen LogP contribution in [0.5, 0.6) is 5.75 Å². The highest BCUT2D eigenvalue weighted by Crippen LogP contribution is 2.28. The van der Waals surface area contributed by atoms with Crippen LogP contribution >= 0.6 is 0 Å². The monoisotopic (exact) mass is 311 g/mol. The Bertz CT molecular complexity index is 641. The first-order chi connectivity index (χ1) is 9.84. The third-order valence-electron chi connectivity index (χ3n) is 3.02. The van der Waals surface area contributed by atoms with Crippen LogP contribution in [-0.4, -0.2) is 44.6 Å². The van der Waals surface area contributed by atoms with Gasteiger partial charge >= 0.3 is 0 Å². The number of sulfonamides is 1. The van der Waals surface area contributed by atoms with Crippen molar-refractivity contribution in [3.8, 4) is 17.6 Å². The van der Waals surface area contributed by atoms with Crippen molar-refractivity contribution < 1.29 is 18.3 Å². The van der Waals surface area contributed by atoms with Crippen molar-refractivity contribution in [2.24, 2.45) is 0 Å². The van der Waals surface area contributed by atoms with Crippen molar-refractivity contribution in [1.82, 2.24) is 4.31 Å². The molecular weight excluding hydrogens is 290 g/mol. The largest absolute Gasteiger partial charge is 0.495 e. The number of aliphatic hydroxyl groups excluding tert-OH is 1. The summed E-state index contributed by atoms with van der Waals surface area (Å²) in [4.78, 5) is 0.0944. The SMILES string of the molecule is COc1ccc(C#CCCO)cc1S(=O)(=O)N(C)C(C)C. The summed E-state index contributed by atoms with van der Waals surface area (Å²) in [5.74, 6) is 5.89. The number of benzene rings is 1. The second-order valence-electron chi connectivity index (χ2n) is 4.76. The van der Waals surface area contributed by atoms with Crippen LogP contribution in [0.15, 0.2) is 23.1 Å². The summed E-state index contributed by atoms with van der Waals surface area (Å²) in [5, 5.41) is 8.72. The zero-order valence-corrected chi connectivity index (χ0v) is 13.6. The number of nitrogens with zero attached hydrogens (tertiary/aromatic N) is 1. The lowest BCUT2D eigenvalue weighted by Crippen LogP contribution is -2.33. The van der Waals surface area contributed by atoms with Crippen molar-refractivity contribution in [3.63, 3.8) is 0 Å². The molecular formula is C15H21NO4S. The topological polar surface area (TPSA) is 66.8 Å². The van der Waals surface area contributed by atoms with E-state index in [1.54, 1.807) is 26.0 Å². The van der Waals surface area contributed by atoms with E-state index in [2.05, 4.69) is 11.8 Å². The molecule has 0 amide bonds. The van der Waals surface area contributed by atoms with Crippen LogP contribution in [0.1, 0.15) is 25.8 Å². The summed E-state index contributed by atoms with van der Waals surface area (Å²) < 4.78 is 31.6. The van der Waals surface area contributed by atoms with Gasteiger partial charge in [0.1, 0.15) is 10.6 Å². The van der Waals surface area contributed by atoms with Crippen molar-refractivity contribution in [2.75, 3.05) is 20.8 Å². The van der Waals surface area contributed by atoms with Crippen molar-refractivity contribution in [2.45, 2.75) is 31.2 Å². The third kappa shape index (κ3) is 4.21. The molecule has 6 heteroatoms. The predicted molar refractivity (Wildman–Crippen MR) is 81.7 cm³/mol. The average molecular weight is 311 g/mol. The van der Waals surface area contributed by atoms with Gasteiger partial charge in [0.05, 0.1) is 13.7 Å². The Morgan fingerprint density at radius 3 is 2.57 bits per heavy atom. The number of ether oxygens (including phenoxy) is 1. The number of methoxy groups -OCH3 is 1. The summed E-state index contributed by atoms with van der Waals surface area (Å²) in [6.45, 7) is 3.58. The molecule has 0 fully saturated rings.